The Morgan fingerprint density at radius 2 is 1.96 bits per heavy atom. The number of hydrogen-bond acceptors (Lipinski definition) is 6. The molecule has 0 atom stereocenters. The van der Waals surface area contributed by atoms with E-state index in [1.807, 2.05) is 19.9 Å². The number of anilines is 1. The molecule has 0 radical (unpaired) electrons. The minimum atomic E-state index is -0.0679. The molecule has 0 aliphatic carbocycles. The highest BCUT2D eigenvalue weighted by Gasteiger charge is 2.28. The zero-order chi connectivity index (χ0) is 18.8. The molecule has 0 spiro atoms. The SMILES string of the molecule is CCOC(=O)C1CCN(c2nc(C)nc3scc(-c4ccccc4)c23)CC1. The number of carbonyl (C=O) groups is 1. The number of hydrogen-bond donors (Lipinski definition) is 0. The molecular weight excluding hydrogens is 358 g/mol. The number of esters is 1. The van der Waals surface area contributed by atoms with Crippen molar-refractivity contribution in [1.82, 2.24) is 9.97 Å². The van der Waals surface area contributed by atoms with Gasteiger partial charge in [0.05, 0.1) is 17.9 Å². The number of nitrogens with zero attached hydrogens (tertiary/aromatic N) is 3. The number of aryl methyl sites for hydroxylation is 1. The van der Waals surface area contributed by atoms with Crippen molar-refractivity contribution < 1.29 is 9.53 Å². The number of rotatable bonds is 4. The third-order valence-electron chi connectivity index (χ3n) is 5.03. The summed E-state index contributed by atoms with van der Waals surface area (Å²) in [5.41, 5.74) is 2.36. The Hall–Kier alpha value is -2.47. The van der Waals surface area contributed by atoms with E-state index in [1.165, 1.54) is 11.1 Å². The van der Waals surface area contributed by atoms with Crippen LogP contribution in [-0.4, -0.2) is 35.6 Å². The van der Waals surface area contributed by atoms with Gasteiger partial charge in [-0.05, 0) is 32.3 Å². The van der Waals surface area contributed by atoms with Crippen molar-refractivity contribution in [2.45, 2.75) is 26.7 Å². The smallest absolute Gasteiger partial charge is 0.309 e. The second-order valence-corrected chi connectivity index (χ2v) is 7.66. The second kappa shape index (κ2) is 7.64. The van der Waals surface area contributed by atoms with Crippen LogP contribution in [0.1, 0.15) is 25.6 Å². The first-order valence-corrected chi connectivity index (χ1v) is 10.3. The predicted molar refractivity (Wildman–Crippen MR) is 109 cm³/mol. The summed E-state index contributed by atoms with van der Waals surface area (Å²) in [7, 11) is 0. The first-order valence-electron chi connectivity index (χ1n) is 9.40. The standard InChI is InChI=1S/C21H23N3O2S/c1-3-26-21(25)16-9-11-24(12-10-16)19-18-17(15-7-5-4-6-8-15)13-27-20(18)23-14(2)22-19/h4-8,13,16H,3,9-12H2,1-2H3. The van der Waals surface area contributed by atoms with Crippen molar-refractivity contribution in [3.05, 3.63) is 41.5 Å². The first kappa shape index (κ1) is 17.9. The van der Waals surface area contributed by atoms with Gasteiger partial charge in [0.25, 0.3) is 0 Å². The van der Waals surface area contributed by atoms with Crippen LogP contribution in [0.2, 0.25) is 0 Å². The van der Waals surface area contributed by atoms with Crippen molar-refractivity contribution in [1.29, 1.82) is 0 Å². The van der Waals surface area contributed by atoms with Gasteiger partial charge >= 0.3 is 5.97 Å². The topological polar surface area (TPSA) is 55.3 Å². The van der Waals surface area contributed by atoms with E-state index in [-0.39, 0.29) is 11.9 Å². The molecule has 3 aromatic rings. The Bertz CT molecular complexity index is 947. The van der Waals surface area contributed by atoms with Crippen LogP contribution in [-0.2, 0) is 9.53 Å². The van der Waals surface area contributed by atoms with Crippen molar-refractivity contribution in [2.75, 3.05) is 24.6 Å². The maximum absolute atomic E-state index is 12.0. The van der Waals surface area contributed by atoms with Crippen LogP contribution in [0.25, 0.3) is 21.3 Å². The van der Waals surface area contributed by atoms with Gasteiger partial charge in [-0.2, -0.15) is 0 Å². The molecule has 1 aromatic carbocycles. The number of piperidine rings is 1. The van der Waals surface area contributed by atoms with Crippen LogP contribution in [0.15, 0.2) is 35.7 Å². The number of fused-ring (bicyclic) bond motifs is 1. The van der Waals surface area contributed by atoms with E-state index in [0.29, 0.717) is 6.61 Å². The highest BCUT2D eigenvalue weighted by atomic mass is 32.1. The lowest BCUT2D eigenvalue weighted by atomic mass is 9.96. The molecule has 0 unspecified atom stereocenters. The van der Waals surface area contributed by atoms with Gasteiger partial charge < -0.3 is 9.64 Å². The summed E-state index contributed by atoms with van der Waals surface area (Å²) in [5.74, 6) is 1.70. The van der Waals surface area contributed by atoms with Gasteiger partial charge in [0.15, 0.2) is 0 Å². The largest absolute Gasteiger partial charge is 0.466 e. The Kier molecular flexibility index (Phi) is 5.07. The van der Waals surface area contributed by atoms with Crippen LogP contribution in [0, 0.1) is 12.8 Å². The third kappa shape index (κ3) is 3.54. The molecule has 4 rings (SSSR count). The van der Waals surface area contributed by atoms with Gasteiger partial charge in [-0.25, -0.2) is 9.97 Å². The molecule has 27 heavy (non-hydrogen) atoms. The van der Waals surface area contributed by atoms with E-state index >= 15 is 0 Å². The average Bonchev–Trinajstić information content (AvgIpc) is 3.12. The molecule has 1 saturated heterocycles. The van der Waals surface area contributed by atoms with Crippen LogP contribution in [0.5, 0.6) is 0 Å². The second-order valence-electron chi connectivity index (χ2n) is 6.80. The van der Waals surface area contributed by atoms with Gasteiger partial charge in [0.1, 0.15) is 16.5 Å². The summed E-state index contributed by atoms with van der Waals surface area (Å²) in [4.78, 5) is 24.8. The zero-order valence-electron chi connectivity index (χ0n) is 15.6. The van der Waals surface area contributed by atoms with E-state index in [2.05, 4.69) is 39.5 Å². The van der Waals surface area contributed by atoms with E-state index in [0.717, 1.165) is 47.8 Å². The number of aromatic nitrogens is 2. The van der Waals surface area contributed by atoms with Gasteiger partial charge in [0, 0.05) is 24.0 Å². The molecule has 0 amide bonds. The van der Waals surface area contributed by atoms with Crippen molar-refractivity contribution in [3.63, 3.8) is 0 Å². The van der Waals surface area contributed by atoms with Gasteiger partial charge in [-0.3, -0.25) is 4.79 Å². The molecular formula is C21H23N3O2S. The molecule has 0 N–H and O–H groups in total. The van der Waals surface area contributed by atoms with Gasteiger partial charge in [-0.15, -0.1) is 11.3 Å². The maximum Gasteiger partial charge on any atom is 0.309 e. The molecule has 3 heterocycles. The maximum atomic E-state index is 12.0. The minimum absolute atomic E-state index is 0.00399. The summed E-state index contributed by atoms with van der Waals surface area (Å²) < 4.78 is 5.19. The Balaban J connectivity index is 1.68. The number of thiophene rings is 1. The lowest BCUT2D eigenvalue weighted by molar-refractivity contribution is -0.148. The predicted octanol–water partition coefficient (Wildman–Crippen LogP) is 4.45. The monoisotopic (exact) mass is 381 g/mol. The fourth-order valence-electron chi connectivity index (χ4n) is 3.67. The van der Waals surface area contributed by atoms with E-state index in [1.54, 1.807) is 11.3 Å². The minimum Gasteiger partial charge on any atom is -0.466 e. The summed E-state index contributed by atoms with van der Waals surface area (Å²) in [5, 5.41) is 3.29. The lowest BCUT2D eigenvalue weighted by Gasteiger charge is -2.32. The van der Waals surface area contributed by atoms with Crippen molar-refractivity contribution >= 4 is 33.3 Å². The summed E-state index contributed by atoms with van der Waals surface area (Å²) in [6.45, 7) is 5.85. The van der Waals surface area contributed by atoms with E-state index in [9.17, 15) is 4.79 Å². The summed E-state index contributed by atoms with van der Waals surface area (Å²) >= 11 is 1.66. The van der Waals surface area contributed by atoms with Crippen molar-refractivity contribution in [2.24, 2.45) is 5.92 Å². The van der Waals surface area contributed by atoms with Crippen LogP contribution in [0.4, 0.5) is 5.82 Å². The van der Waals surface area contributed by atoms with Crippen molar-refractivity contribution in [3.8, 4) is 11.1 Å². The number of ether oxygens (including phenoxy) is 1. The quantitative estimate of drug-likeness (QED) is 0.625. The van der Waals surface area contributed by atoms with E-state index < -0.39 is 0 Å². The fourth-order valence-corrected chi connectivity index (χ4v) is 4.66. The van der Waals surface area contributed by atoms with Crippen LogP contribution < -0.4 is 4.90 Å². The summed E-state index contributed by atoms with van der Waals surface area (Å²) in [6, 6.07) is 10.4. The normalized spacial score (nSPS) is 15.3. The third-order valence-corrected chi connectivity index (χ3v) is 5.90. The zero-order valence-corrected chi connectivity index (χ0v) is 16.5. The Morgan fingerprint density at radius 1 is 1.22 bits per heavy atom. The molecule has 0 saturated carbocycles. The Labute approximate surface area is 163 Å². The number of benzene rings is 1. The number of carbonyl (C=O) groups excluding carboxylic acids is 1. The van der Waals surface area contributed by atoms with Gasteiger partial charge in [-0.1, -0.05) is 30.3 Å². The van der Waals surface area contributed by atoms with Crippen LogP contribution in [0.3, 0.4) is 0 Å². The average molecular weight is 382 g/mol. The first-order chi connectivity index (χ1) is 13.2. The Morgan fingerprint density at radius 3 is 2.67 bits per heavy atom. The van der Waals surface area contributed by atoms with Gasteiger partial charge in [0.2, 0.25) is 0 Å². The molecule has 2 aromatic heterocycles. The molecule has 1 aliphatic heterocycles. The summed E-state index contributed by atoms with van der Waals surface area (Å²) in [6.07, 6.45) is 1.60. The molecule has 5 nitrogen and oxygen atoms in total. The molecule has 0 bridgehead atoms. The molecule has 1 aliphatic rings. The molecule has 1 fully saturated rings. The molecule has 6 heteroatoms. The van der Waals surface area contributed by atoms with Crippen LogP contribution >= 0.6 is 11.3 Å². The fraction of sp³-hybridized carbons (Fsp3) is 0.381. The highest BCUT2D eigenvalue weighted by Crippen LogP contribution is 2.39. The highest BCUT2D eigenvalue weighted by molar-refractivity contribution is 7.17. The lowest BCUT2D eigenvalue weighted by Crippen LogP contribution is -2.37. The van der Waals surface area contributed by atoms with E-state index in [4.69, 9.17) is 9.72 Å². The molecule has 140 valence electrons.